The van der Waals surface area contributed by atoms with Crippen molar-refractivity contribution >= 4 is 15.9 Å². The van der Waals surface area contributed by atoms with Gasteiger partial charge in [0.05, 0.1) is 30.1 Å². The Morgan fingerprint density at radius 1 is 1.26 bits per heavy atom. The summed E-state index contributed by atoms with van der Waals surface area (Å²) in [5.41, 5.74) is 0.389. The molecule has 1 aromatic rings. The van der Waals surface area contributed by atoms with Gasteiger partial charge in [-0.3, -0.25) is 4.79 Å². The number of carbonyl (C=O) groups is 1. The fourth-order valence-electron chi connectivity index (χ4n) is 2.94. The lowest BCUT2D eigenvalue weighted by molar-refractivity contribution is -0.133. The second-order valence-corrected chi connectivity index (χ2v) is 8.01. The summed E-state index contributed by atoms with van der Waals surface area (Å²) >= 11 is 0. The Kier molecular flexibility index (Phi) is 4.16. The number of amides is 1. The van der Waals surface area contributed by atoms with Gasteiger partial charge in [0.25, 0.3) is 0 Å². The second-order valence-electron chi connectivity index (χ2n) is 6.07. The summed E-state index contributed by atoms with van der Waals surface area (Å²) < 4.78 is 46.2. The molecule has 126 valence electrons. The van der Waals surface area contributed by atoms with Crippen molar-refractivity contribution in [2.75, 3.05) is 33.4 Å². The van der Waals surface area contributed by atoms with Crippen LogP contribution in [0.5, 0.6) is 0 Å². The molecule has 0 aromatic heterocycles. The lowest BCUT2D eigenvalue weighted by Gasteiger charge is -2.28. The zero-order valence-corrected chi connectivity index (χ0v) is 13.8. The molecule has 8 heteroatoms. The highest BCUT2D eigenvalue weighted by molar-refractivity contribution is 7.89. The first-order valence-corrected chi connectivity index (χ1v) is 8.85. The minimum Gasteiger partial charge on any atom is -0.378 e. The Labute approximate surface area is 134 Å². The molecule has 6 nitrogen and oxygen atoms in total. The van der Waals surface area contributed by atoms with Gasteiger partial charge < -0.3 is 9.64 Å². The highest BCUT2D eigenvalue weighted by Gasteiger charge is 2.41. The number of carbonyl (C=O) groups excluding carboxylic acids is 1. The number of aryl methyl sites for hydroxylation is 1. The van der Waals surface area contributed by atoms with E-state index in [1.807, 2.05) is 0 Å². The van der Waals surface area contributed by atoms with Crippen molar-refractivity contribution in [1.29, 1.82) is 0 Å². The summed E-state index contributed by atoms with van der Waals surface area (Å²) in [4.78, 5) is 13.8. The zero-order valence-electron chi connectivity index (χ0n) is 13.0. The highest BCUT2D eigenvalue weighted by Crippen LogP contribution is 2.25. The minimum absolute atomic E-state index is 0.0531. The van der Waals surface area contributed by atoms with Crippen LogP contribution in [0.2, 0.25) is 0 Å². The number of fused-ring (bicyclic) bond motifs is 3. The van der Waals surface area contributed by atoms with Crippen LogP contribution in [-0.2, 0) is 19.6 Å². The summed E-state index contributed by atoms with van der Waals surface area (Å²) in [5.74, 6) is -1.20. The molecule has 2 heterocycles. The molecule has 0 radical (unpaired) electrons. The van der Waals surface area contributed by atoms with E-state index >= 15 is 0 Å². The van der Waals surface area contributed by atoms with Crippen LogP contribution >= 0.6 is 0 Å². The summed E-state index contributed by atoms with van der Waals surface area (Å²) in [5, 5.41) is 0. The average molecular weight is 342 g/mol. The van der Waals surface area contributed by atoms with Gasteiger partial charge in [-0.05, 0) is 24.6 Å². The van der Waals surface area contributed by atoms with Crippen molar-refractivity contribution in [3.05, 3.63) is 29.6 Å². The maximum absolute atomic E-state index is 13.7. The fraction of sp³-hybridized carbons (Fsp3) is 0.533. The molecule has 0 spiro atoms. The van der Waals surface area contributed by atoms with Crippen molar-refractivity contribution in [2.45, 2.75) is 17.9 Å². The molecule has 3 rings (SSSR count). The van der Waals surface area contributed by atoms with Gasteiger partial charge in [-0.2, -0.15) is 4.31 Å². The number of halogens is 1. The number of hydrogen-bond acceptors (Lipinski definition) is 4. The number of nitrogens with zero attached hydrogens (tertiary/aromatic N) is 2. The van der Waals surface area contributed by atoms with Crippen molar-refractivity contribution in [3.63, 3.8) is 0 Å². The van der Waals surface area contributed by atoms with E-state index < -0.39 is 21.8 Å². The van der Waals surface area contributed by atoms with Crippen LogP contribution in [0, 0.1) is 18.7 Å². The number of benzene rings is 1. The SMILES string of the molecule is Cc1ccc(S(=O)(=O)N2C[C@@H]3COC[C@H](C2)N(C)C3=O)cc1F. The smallest absolute Gasteiger partial charge is 0.243 e. The maximum atomic E-state index is 13.7. The molecule has 2 aliphatic rings. The predicted molar refractivity (Wildman–Crippen MR) is 80.8 cm³/mol. The largest absolute Gasteiger partial charge is 0.378 e. The highest BCUT2D eigenvalue weighted by atomic mass is 32.2. The Balaban J connectivity index is 1.97. The van der Waals surface area contributed by atoms with E-state index in [1.54, 1.807) is 18.9 Å². The van der Waals surface area contributed by atoms with Gasteiger partial charge in [-0.25, -0.2) is 12.8 Å². The van der Waals surface area contributed by atoms with E-state index in [4.69, 9.17) is 4.74 Å². The molecule has 0 aliphatic carbocycles. The number of rotatable bonds is 2. The van der Waals surface area contributed by atoms with Gasteiger partial charge in [0, 0.05) is 20.1 Å². The molecular weight excluding hydrogens is 323 g/mol. The molecule has 1 amide bonds. The number of ether oxygens (including phenoxy) is 1. The minimum atomic E-state index is -3.85. The molecule has 2 fully saturated rings. The van der Waals surface area contributed by atoms with Crippen LogP contribution in [0.15, 0.2) is 23.1 Å². The predicted octanol–water partition coefficient (Wildman–Crippen LogP) is 0.612. The molecule has 0 saturated carbocycles. The van der Waals surface area contributed by atoms with Gasteiger partial charge in [-0.15, -0.1) is 0 Å². The van der Waals surface area contributed by atoms with Crippen LogP contribution < -0.4 is 0 Å². The third-order valence-corrected chi connectivity index (χ3v) is 6.32. The van der Waals surface area contributed by atoms with Crippen LogP contribution in [0.3, 0.4) is 0 Å². The zero-order chi connectivity index (χ0) is 16.8. The maximum Gasteiger partial charge on any atom is 0.243 e. The van der Waals surface area contributed by atoms with Crippen molar-refractivity contribution < 1.29 is 22.3 Å². The lowest BCUT2D eigenvalue weighted by atomic mass is 10.1. The van der Waals surface area contributed by atoms with Gasteiger partial charge in [-0.1, -0.05) is 6.07 Å². The van der Waals surface area contributed by atoms with Crippen LogP contribution in [0.25, 0.3) is 0 Å². The quantitative estimate of drug-likeness (QED) is 0.790. The molecule has 0 N–H and O–H groups in total. The number of likely N-dealkylation sites (N-methyl/N-ethyl adjacent to an activating group) is 1. The van der Waals surface area contributed by atoms with Crippen molar-refractivity contribution in [2.24, 2.45) is 5.92 Å². The monoisotopic (exact) mass is 342 g/mol. The first-order chi connectivity index (χ1) is 10.8. The standard InChI is InChI=1S/C15H19FN2O4S/c1-10-3-4-13(5-14(10)16)23(20,21)18-6-11-8-22-9-12(7-18)17(2)15(11)19/h3-5,11-12H,6-9H2,1-2H3/t11-,12+/m1/s1. The Hall–Kier alpha value is -1.51. The van der Waals surface area contributed by atoms with Crippen LogP contribution in [0.4, 0.5) is 4.39 Å². The summed E-state index contributed by atoms with van der Waals surface area (Å²) in [6, 6.07) is 3.55. The summed E-state index contributed by atoms with van der Waals surface area (Å²) in [7, 11) is -2.19. The van der Waals surface area contributed by atoms with Crippen molar-refractivity contribution in [3.8, 4) is 0 Å². The summed E-state index contributed by atoms with van der Waals surface area (Å²) in [6.07, 6.45) is 0. The molecule has 1 aromatic carbocycles. The molecular formula is C15H19FN2O4S. The van der Waals surface area contributed by atoms with Gasteiger partial charge in [0.2, 0.25) is 15.9 Å². The number of sulfonamides is 1. The molecule has 2 saturated heterocycles. The van der Waals surface area contributed by atoms with Crippen LogP contribution in [-0.4, -0.2) is 62.9 Å². The van der Waals surface area contributed by atoms with Crippen molar-refractivity contribution in [1.82, 2.24) is 9.21 Å². The number of hydrogen-bond donors (Lipinski definition) is 0. The van der Waals surface area contributed by atoms with E-state index in [2.05, 4.69) is 0 Å². The third kappa shape index (κ3) is 2.86. The van der Waals surface area contributed by atoms with E-state index in [9.17, 15) is 17.6 Å². The molecule has 23 heavy (non-hydrogen) atoms. The first kappa shape index (κ1) is 16.4. The lowest BCUT2D eigenvalue weighted by Crippen LogP contribution is -2.45. The fourth-order valence-corrected chi connectivity index (χ4v) is 4.47. The van der Waals surface area contributed by atoms with E-state index in [1.165, 1.54) is 16.4 Å². The van der Waals surface area contributed by atoms with E-state index in [0.717, 1.165) is 6.07 Å². The second kappa shape index (κ2) is 5.85. The van der Waals surface area contributed by atoms with Gasteiger partial charge >= 0.3 is 0 Å². The van der Waals surface area contributed by atoms with Crippen LogP contribution in [0.1, 0.15) is 5.56 Å². The topological polar surface area (TPSA) is 66.9 Å². The normalized spacial score (nSPS) is 26.2. The van der Waals surface area contributed by atoms with E-state index in [-0.39, 0.29) is 36.5 Å². The molecule has 2 aliphatic heterocycles. The molecule has 2 atom stereocenters. The summed E-state index contributed by atoms with van der Waals surface area (Å²) in [6.45, 7) is 2.28. The average Bonchev–Trinajstić information content (AvgIpc) is 2.67. The first-order valence-electron chi connectivity index (χ1n) is 7.41. The molecule has 0 unspecified atom stereocenters. The van der Waals surface area contributed by atoms with E-state index in [0.29, 0.717) is 12.2 Å². The van der Waals surface area contributed by atoms with Gasteiger partial charge in [0.15, 0.2) is 0 Å². The Bertz CT molecular complexity index is 737. The Morgan fingerprint density at radius 3 is 2.70 bits per heavy atom. The van der Waals surface area contributed by atoms with Gasteiger partial charge in [0.1, 0.15) is 5.82 Å². The third-order valence-electron chi connectivity index (χ3n) is 4.49. The Morgan fingerprint density at radius 2 is 2.00 bits per heavy atom. The molecule has 2 bridgehead atoms.